The van der Waals surface area contributed by atoms with Crippen LogP contribution in [0.1, 0.15) is 34.5 Å². The molecule has 1 fully saturated rings. The van der Waals surface area contributed by atoms with Crippen molar-refractivity contribution in [1.82, 2.24) is 19.9 Å². The maximum atomic E-state index is 13.1. The monoisotopic (exact) mass is 433 g/mol. The first-order chi connectivity index (χ1) is 14.4. The molecule has 4 heterocycles. The Kier molecular flexibility index (Phi) is 5.67. The minimum absolute atomic E-state index is 0.00289. The molecule has 0 aromatic carbocycles. The van der Waals surface area contributed by atoms with Crippen LogP contribution in [0.4, 0.5) is 24.1 Å². The highest BCUT2D eigenvalue weighted by atomic mass is 32.1. The molecule has 4 rings (SSSR count). The van der Waals surface area contributed by atoms with Crippen molar-refractivity contribution in [2.75, 3.05) is 18.4 Å². The Morgan fingerprint density at radius 3 is 2.57 bits per heavy atom. The van der Waals surface area contributed by atoms with Gasteiger partial charge in [-0.2, -0.15) is 13.2 Å². The molecule has 0 saturated carbocycles. The number of carbonyl (C=O) groups excluding carboxylic acids is 1. The van der Waals surface area contributed by atoms with Crippen molar-refractivity contribution in [3.8, 4) is 11.4 Å². The van der Waals surface area contributed by atoms with Crippen LogP contribution in [0.25, 0.3) is 11.4 Å². The number of amides is 1. The Balaban J connectivity index is 1.68. The molecular formula is C20H18F3N5OS. The van der Waals surface area contributed by atoms with Gasteiger partial charge in [-0.05, 0) is 43.5 Å². The zero-order chi connectivity index (χ0) is 21.1. The number of pyridine rings is 2. The SMILES string of the molecule is O=C(c1sc(Nc2cc(C(F)(F)F)ccn2)nc1-c1ccccn1)N1CCCCC1. The lowest BCUT2D eigenvalue weighted by atomic mass is 10.1. The fraction of sp³-hybridized carbons (Fsp3) is 0.300. The van der Waals surface area contributed by atoms with Crippen LogP contribution < -0.4 is 5.32 Å². The van der Waals surface area contributed by atoms with E-state index in [-0.39, 0.29) is 16.9 Å². The lowest BCUT2D eigenvalue weighted by Gasteiger charge is -2.26. The minimum atomic E-state index is -4.48. The van der Waals surface area contributed by atoms with E-state index in [1.165, 1.54) is 0 Å². The van der Waals surface area contributed by atoms with E-state index in [2.05, 4.69) is 20.3 Å². The van der Waals surface area contributed by atoms with Gasteiger partial charge in [0, 0.05) is 25.5 Å². The Bertz CT molecular complexity index is 1030. The van der Waals surface area contributed by atoms with Gasteiger partial charge in [0.15, 0.2) is 5.13 Å². The molecule has 156 valence electrons. The number of nitrogens with one attached hydrogen (secondary N) is 1. The second-order valence-corrected chi connectivity index (χ2v) is 7.82. The number of nitrogens with zero attached hydrogens (tertiary/aromatic N) is 4. The molecule has 30 heavy (non-hydrogen) atoms. The van der Waals surface area contributed by atoms with Crippen LogP contribution in [-0.2, 0) is 6.18 Å². The summed E-state index contributed by atoms with van der Waals surface area (Å²) in [4.78, 5) is 28.0. The molecule has 10 heteroatoms. The molecule has 0 aliphatic carbocycles. The molecule has 0 bridgehead atoms. The zero-order valence-corrected chi connectivity index (χ0v) is 16.6. The van der Waals surface area contributed by atoms with E-state index < -0.39 is 11.7 Å². The third-order valence-electron chi connectivity index (χ3n) is 4.69. The predicted octanol–water partition coefficient (Wildman–Crippen LogP) is 4.99. The summed E-state index contributed by atoms with van der Waals surface area (Å²) >= 11 is 1.09. The lowest BCUT2D eigenvalue weighted by Crippen LogP contribution is -2.35. The highest BCUT2D eigenvalue weighted by Crippen LogP contribution is 2.34. The fourth-order valence-electron chi connectivity index (χ4n) is 3.22. The molecule has 3 aromatic heterocycles. The van der Waals surface area contributed by atoms with Crippen molar-refractivity contribution in [1.29, 1.82) is 0 Å². The molecule has 1 amide bonds. The van der Waals surface area contributed by atoms with Gasteiger partial charge in [0.05, 0.1) is 11.3 Å². The largest absolute Gasteiger partial charge is 0.416 e. The molecule has 0 radical (unpaired) electrons. The van der Waals surface area contributed by atoms with E-state index >= 15 is 0 Å². The molecule has 1 saturated heterocycles. The number of rotatable bonds is 4. The van der Waals surface area contributed by atoms with Gasteiger partial charge in [0.25, 0.3) is 5.91 Å². The molecule has 1 N–H and O–H groups in total. The number of carbonyl (C=O) groups is 1. The molecule has 0 unspecified atom stereocenters. The highest BCUT2D eigenvalue weighted by molar-refractivity contribution is 7.18. The molecule has 1 aliphatic rings. The van der Waals surface area contributed by atoms with E-state index in [0.29, 0.717) is 29.4 Å². The number of thiazole rings is 1. The molecule has 0 spiro atoms. The molecule has 1 aliphatic heterocycles. The van der Waals surface area contributed by atoms with Gasteiger partial charge < -0.3 is 10.2 Å². The Hall–Kier alpha value is -3.01. The number of alkyl halides is 3. The summed E-state index contributed by atoms with van der Waals surface area (Å²) in [5, 5.41) is 3.08. The normalized spacial score (nSPS) is 14.6. The van der Waals surface area contributed by atoms with Gasteiger partial charge in [-0.15, -0.1) is 0 Å². The van der Waals surface area contributed by atoms with Crippen LogP contribution in [0.5, 0.6) is 0 Å². The van der Waals surface area contributed by atoms with Crippen LogP contribution in [0.15, 0.2) is 42.7 Å². The third kappa shape index (κ3) is 4.43. The van der Waals surface area contributed by atoms with Crippen molar-refractivity contribution in [3.63, 3.8) is 0 Å². The first-order valence-electron chi connectivity index (χ1n) is 9.43. The number of likely N-dealkylation sites (tertiary alicyclic amines) is 1. The van der Waals surface area contributed by atoms with Crippen molar-refractivity contribution in [2.24, 2.45) is 0 Å². The van der Waals surface area contributed by atoms with Crippen molar-refractivity contribution >= 4 is 28.2 Å². The van der Waals surface area contributed by atoms with E-state index in [0.717, 1.165) is 48.9 Å². The number of halogens is 3. The predicted molar refractivity (Wildman–Crippen MR) is 108 cm³/mol. The van der Waals surface area contributed by atoms with Crippen molar-refractivity contribution in [2.45, 2.75) is 25.4 Å². The first-order valence-corrected chi connectivity index (χ1v) is 10.3. The summed E-state index contributed by atoms with van der Waals surface area (Å²) in [5.74, 6) is -0.138. The molecule has 0 atom stereocenters. The maximum Gasteiger partial charge on any atom is 0.416 e. The Morgan fingerprint density at radius 1 is 1.07 bits per heavy atom. The van der Waals surface area contributed by atoms with Gasteiger partial charge in [0.2, 0.25) is 0 Å². The quantitative estimate of drug-likeness (QED) is 0.628. The van der Waals surface area contributed by atoms with Crippen LogP contribution in [-0.4, -0.2) is 38.8 Å². The van der Waals surface area contributed by atoms with Crippen LogP contribution >= 0.6 is 11.3 Å². The standard InChI is InChI=1S/C20H18F3N5OS/c21-20(22,23)13-7-9-25-15(12-13)26-19-27-16(14-6-2-3-8-24-14)17(30-19)18(29)28-10-4-1-5-11-28/h2-3,6-9,12H,1,4-5,10-11H2,(H,25,26,27). The second kappa shape index (κ2) is 8.39. The van der Waals surface area contributed by atoms with Gasteiger partial charge >= 0.3 is 6.18 Å². The van der Waals surface area contributed by atoms with Gasteiger partial charge in [-0.3, -0.25) is 9.78 Å². The summed E-state index contributed by atoms with van der Waals surface area (Å²) in [5.41, 5.74) is 0.121. The van der Waals surface area contributed by atoms with Gasteiger partial charge in [-0.25, -0.2) is 9.97 Å². The molecular weight excluding hydrogens is 415 g/mol. The van der Waals surface area contributed by atoms with Crippen molar-refractivity contribution in [3.05, 3.63) is 53.2 Å². The maximum absolute atomic E-state index is 13.1. The summed E-state index contributed by atoms with van der Waals surface area (Å²) in [6.07, 6.45) is 1.19. The average molecular weight is 433 g/mol. The van der Waals surface area contributed by atoms with Crippen LogP contribution in [0.2, 0.25) is 0 Å². The van der Waals surface area contributed by atoms with Gasteiger partial charge in [-0.1, -0.05) is 17.4 Å². The van der Waals surface area contributed by atoms with Gasteiger partial charge in [0.1, 0.15) is 16.4 Å². The van der Waals surface area contributed by atoms with E-state index in [1.807, 2.05) is 0 Å². The van der Waals surface area contributed by atoms with E-state index in [9.17, 15) is 18.0 Å². The third-order valence-corrected chi connectivity index (χ3v) is 5.65. The van der Waals surface area contributed by atoms with E-state index in [1.54, 1.807) is 29.3 Å². The average Bonchev–Trinajstić information content (AvgIpc) is 3.18. The number of anilines is 2. The fourth-order valence-corrected chi connectivity index (χ4v) is 4.17. The Labute approximate surface area is 174 Å². The summed E-state index contributed by atoms with van der Waals surface area (Å²) < 4.78 is 38.9. The summed E-state index contributed by atoms with van der Waals surface area (Å²) in [6.45, 7) is 1.35. The number of aromatic nitrogens is 3. The Morgan fingerprint density at radius 2 is 1.87 bits per heavy atom. The van der Waals surface area contributed by atoms with Crippen LogP contribution in [0.3, 0.4) is 0 Å². The summed E-state index contributed by atoms with van der Waals surface area (Å²) in [7, 11) is 0. The number of piperidine rings is 1. The van der Waals surface area contributed by atoms with Crippen LogP contribution in [0, 0.1) is 0 Å². The van der Waals surface area contributed by atoms with E-state index in [4.69, 9.17) is 0 Å². The zero-order valence-electron chi connectivity index (χ0n) is 15.8. The topological polar surface area (TPSA) is 71.0 Å². The highest BCUT2D eigenvalue weighted by Gasteiger charge is 2.31. The molecule has 6 nitrogen and oxygen atoms in total. The van der Waals surface area contributed by atoms with Crippen molar-refractivity contribution < 1.29 is 18.0 Å². The lowest BCUT2D eigenvalue weighted by molar-refractivity contribution is -0.137. The number of hydrogen-bond acceptors (Lipinski definition) is 6. The second-order valence-electron chi connectivity index (χ2n) is 6.82. The minimum Gasteiger partial charge on any atom is -0.338 e. The first kappa shape index (κ1) is 20.3. The summed E-state index contributed by atoms with van der Waals surface area (Å²) in [6, 6.07) is 7.10. The number of hydrogen-bond donors (Lipinski definition) is 1. The molecule has 3 aromatic rings. The smallest absolute Gasteiger partial charge is 0.338 e.